The minimum absolute atomic E-state index is 0.112. The zero-order valence-electron chi connectivity index (χ0n) is 14.4. The molecule has 0 radical (unpaired) electrons. The SMILES string of the molecule is CCC(O)CC1CC(NCC2CCC2)CN(C(C)CC)C1. The number of piperidine rings is 1. The number of aliphatic hydroxyl groups is 1. The average molecular weight is 296 g/mol. The molecule has 2 rings (SSSR count). The van der Waals surface area contributed by atoms with E-state index in [0.29, 0.717) is 18.0 Å². The summed E-state index contributed by atoms with van der Waals surface area (Å²) in [5, 5.41) is 13.8. The monoisotopic (exact) mass is 296 g/mol. The molecule has 3 nitrogen and oxygen atoms in total. The Kier molecular flexibility index (Phi) is 6.97. The Labute approximate surface area is 131 Å². The first-order chi connectivity index (χ1) is 10.1. The summed E-state index contributed by atoms with van der Waals surface area (Å²) in [7, 11) is 0. The molecule has 0 aromatic heterocycles. The highest BCUT2D eigenvalue weighted by atomic mass is 16.3. The molecular weight excluding hydrogens is 260 g/mol. The normalized spacial score (nSPS) is 30.9. The van der Waals surface area contributed by atoms with Gasteiger partial charge in [0.05, 0.1) is 6.10 Å². The molecule has 2 N–H and O–H groups in total. The van der Waals surface area contributed by atoms with Crippen molar-refractivity contribution in [1.29, 1.82) is 0 Å². The van der Waals surface area contributed by atoms with Gasteiger partial charge >= 0.3 is 0 Å². The van der Waals surface area contributed by atoms with Crippen molar-refractivity contribution in [1.82, 2.24) is 10.2 Å². The van der Waals surface area contributed by atoms with Crippen molar-refractivity contribution in [3.63, 3.8) is 0 Å². The lowest BCUT2D eigenvalue weighted by molar-refractivity contribution is 0.0626. The number of nitrogens with zero attached hydrogens (tertiary/aromatic N) is 1. The van der Waals surface area contributed by atoms with Crippen molar-refractivity contribution in [3.8, 4) is 0 Å². The van der Waals surface area contributed by atoms with Crippen molar-refractivity contribution < 1.29 is 5.11 Å². The Morgan fingerprint density at radius 1 is 1.14 bits per heavy atom. The Bertz CT molecular complexity index is 293. The molecule has 1 aliphatic heterocycles. The zero-order chi connectivity index (χ0) is 15.2. The largest absolute Gasteiger partial charge is 0.393 e. The maximum Gasteiger partial charge on any atom is 0.0540 e. The highest BCUT2D eigenvalue weighted by Crippen LogP contribution is 2.27. The van der Waals surface area contributed by atoms with Crippen molar-refractivity contribution in [2.75, 3.05) is 19.6 Å². The standard InChI is InChI=1S/C18H36N2O/c1-4-14(3)20-12-16(10-18(21)5-2)9-17(13-20)19-11-15-7-6-8-15/h14-19,21H,4-13H2,1-3H3. The molecule has 0 amide bonds. The van der Waals surface area contributed by atoms with Crippen molar-refractivity contribution in [2.45, 2.75) is 83.9 Å². The Morgan fingerprint density at radius 3 is 2.48 bits per heavy atom. The maximum absolute atomic E-state index is 10.0. The number of rotatable bonds is 8. The van der Waals surface area contributed by atoms with Crippen LogP contribution in [0.15, 0.2) is 0 Å². The summed E-state index contributed by atoms with van der Waals surface area (Å²) >= 11 is 0. The van der Waals surface area contributed by atoms with Crippen LogP contribution in [-0.2, 0) is 0 Å². The lowest BCUT2D eigenvalue weighted by Gasteiger charge is -2.42. The lowest BCUT2D eigenvalue weighted by Crippen LogP contribution is -2.53. The summed E-state index contributed by atoms with van der Waals surface area (Å²) in [4.78, 5) is 2.65. The minimum Gasteiger partial charge on any atom is -0.393 e. The van der Waals surface area contributed by atoms with Crippen LogP contribution in [0.4, 0.5) is 0 Å². The van der Waals surface area contributed by atoms with Crippen molar-refractivity contribution >= 4 is 0 Å². The van der Waals surface area contributed by atoms with E-state index in [9.17, 15) is 5.11 Å². The van der Waals surface area contributed by atoms with Gasteiger partial charge in [0.25, 0.3) is 0 Å². The molecule has 1 saturated heterocycles. The zero-order valence-corrected chi connectivity index (χ0v) is 14.4. The second-order valence-electron chi connectivity index (χ2n) is 7.51. The van der Waals surface area contributed by atoms with Gasteiger partial charge in [-0.05, 0) is 63.8 Å². The third-order valence-corrected chi connectivity index (χ3v) is 5.78. The Balaban J connectivity index is 1.85. The smallest absolute Gasteiger partial charge is 0.0540 e. The second kappa shape index (κ2) is 8.50. The van der Waals surface area contributed by atoms with Crippen LogP contribution in [0.2, 0.25) is 0 Å². The van der Waals surface area contributed by atoms with Crippen molar-refractivity contribution in [2.24, 2.45) is 11.8 Å². The third-order valence-electron chi connectivity index (χ3n) is 5.78. The first-order valence-corrected chi connectivity index (χ1v) is 9.27. The molecule has 1 heterocycles. The van der Waals surface area contributed by atoms with E-state index in [0.717, 1.165) is 18.8 Å². The Morgan fingerprint density at radius 2 is 1.90 bits per heavy atom. The number of hydrogen-bond donors (Lipinski definition) is 2. The molecule has 2 fully saturated rings. The minimum atomic E-state index is -0.112. The number of hydrogen-bond acceptors (Lipinski definition) is 3. The summed E-state index contributed by atoms with van der Waals surface area (Å²) in [5.74, 6) is 1.59. The van der Waals surface area contributed by atoms with Crippen molar-refractivity contribution in [3.05, 3.63) is 0 Å². The Hall–Kier alpha value is -0.120. The van der Waals surface area contributed by atoms with E-state index < -0.39 is 0 Å². The van der Waals surface area contributed by atoms with E-state index >= 15 is 0 Å². The van der Waals surface area contributed by atoms with Crippen LogP contribution in [0.25, 0.3) is 0 Å². The quantitative estimate of drug-likeness (QED) is 0.723. The molecule has 0 aromatic rings. The average Bonchev–Trinajstić information content (AvgIpc) is 2.44. The van der Waals surface area contributed by atoms with Gasteiger partial charge in [-0.3, -0.25) is 4.90 Å². The van der Waals surface area contributed by atoms with Crippen LogP contribution >= 0.6 is 0 Å². The molecule has 4 atom stereocenters. The second-order valence-corrected chi connectivity index (χ2v) is 7.51. The number of nitrogens with one attached hydrogen (secondary N) is 1. The molecule has 1 aliphatic carbocycles. The van der Waals surface area contributed by atoms with Gasteiger partial charge in [-0.15, -0.1) is 0 Å². The van der Waals surface area contributed by atoms with Crippen LogP contribution in [0.3, 0.4) is 0 Å². The van der Waals surface area contributed by atoms with E-state index in [-0.39, 0.29) is 6.10 Å². The number of likely N-dealkylation sites (tertiary alicyclic amines) is 1. The van der Waals surface area contributed by atoms with Gasteiger partial charge in [0.1, 0.15) is 0 Å². The molecule has 124 valence electrons. The van der Waals surface area contributed by atoms with Gasteiger partial charge in [0.15, 0.2) is 0 Å². The highest BCUT2D eigenvalue weighted by Gasteiger charge is 2.30. The van der Waals surface area contributed by atoms with Gasteiger partial charge < -0.3 is 10.4 Å². The topological polar surface area (TPSA) is 35.5 Å². The van der Waals surface area contributed by atoms with Gasteiger partial charge in [-0.25, -0.2) is 0 Å². The fourth-order valence-electron chi connectivity index (χ4n) is 3.76. The maximum atomic E-state index is 10.0. The first kappa shape index (κ1) is 17.2. The van der Waals surface area contributed by atoms with E-state index in [1.807, 2.05) is 0 Å². The van der Waals surface area contributed by atoms with Gasteiger partial charge in [0, 0.05) is 25.2 Å². The van der Waals surface area contributed by atoms with E-state index in [1.54, 1.807) is 0 Å². The van der Waals surface area contributed by atoms with Crippen LogP contribution < -0.4 is 5.32 Å². The predicted octanol–water partition coefficient (Wildman–Crippen LogP) is 3.03. The third kappa shape index (κ3) is 5.22. The number of aliphatic hydroxyl groups excluding tert-OH is 1. The lowest BCUT2D eigenvalue weighted by atomic mass is 9.84. The molecule has 2 aliphatic rings. The van der Waals surface area contributed by atoms with Crippen LogP contribution in [0.5, 0.6) is 0 Å². The fraction of sp³-hybridized carbons (Fsp3) is 1.00. The van der Waals surface area contributed by atoms with E-state index in [4.69, 9.17) is 0 Å². The summed E-state index contributed by atoms with van der Waals surface area (Å²) in [6, 6.07) is 1.29. The predicted molar refractivity (Wildman–Crippen MR) is 89.5 cm³/mol. The molecule has 3 heteroatoms. The highest BCUT2D eigenvalue weighted by molar-refractivity contribution is 4.87. The summed E-state index contributed by atoms with van der Waals surface area (Å²) in [6.45, 7) is 10.3. The fourth-order valence-corrected chi connectivity index (χ4v) is 3.76. The van der Waals surface area contributed by atoms with E-state index in [2.05, 4.69) is 31.0 Å². The van der Waals surface area contributed by atoms with Crippen LogP contribution in [0.1, 0.15) is 65.7 Å². The van der Waals surface area contributed by atoms with Crippen LogP contribution in [-0.4, -0.2) is 47.8 Å². The molecule has 4 unspecified atom stereocenters. The molecule has 21 heavy (non-hydrogen) atoms. The molecular formula is C18H36N2O. The summed E-state index contributed by atoms with van der Waals surface area (Å²) in [5.41, 5.74) is 0. The van der Waals surface area contributed by atoms with Gasteiger partial charge in [0.2, 0.25) is 0 Å². The van der Waals surface area contributed by atoms with Gasteiger partial charge in [-0.1, -0.05) is 20.3 Å². The summed E-state index contributed by atoms with van der Waals surface area (Å²) < 4.78 is 0. The molecule has 0 bridgehead atoms. The molecule has 1 saturated carbocycles. The summed E-state index contributed by atoms with van der Waals surface area (Å²) in [6.07, 6.45) is 8.50. The first-order valence-electron chi connectivity index (χ1n) is 9.27. The van der Waals surface area contributed by atoms with Crippen LogP contribution in [0, 0.1) is 11.8 Å². The molecule has 0 spiro atoms. The van der Waals surface area contributed by atoms with E-state index in [1.165, 1.54) is 51.7 Å². The van der Waals surface area contributed by atoms with Gasteiger partial charge in [-0.2, -0.15) is 0 Å². The molecule has 0 aromatic carbocycles.